The third-order valence-electron chi connectivity index (χ3n) is 3.09. The normalized spacial score (nSPS) is 11.2. The quantitative estimate of drug-likeness (QED) is 0.496. The molecule has 1 amide bonds. The van der Waals surface area contributed by atoms with Crippen molar-refractivity contribution in [2.24, 2.45) is 5.92 Å². The number of nitriles is 1. The van der Waals surface area contributed by atoms with Gasteiger partial charge in [0.05, 0.1) is 18.9 Å². The van der Waals surface area contributed by atoms with Crippen LogP contribution in [0.25, 0.3) is 0 Å². The summed E-state index contributed by atoms with van der Waals surface area (Å²) in [5.41, 5.74) is 0.614. The predicted molar refractivity (Wildman–Crippen MR) is 83.2 cm³/mol. The van der Waals surface area contributed by atoms with Crippen molar-refractivity contribution in [2.45, 2.75) is 6.92 Å². The molecule has 0 saturated heterocycles. The van der Waals surface area contributed by atoms with Crippen LogP contribution in [0.5, 0.6) is 0 Å². The number of carbonyl (C=O) groups is 3. The number of ether oxygens (including phenoxy) is 1. The van der Waals surface area contributed by atoms with E-state index in [-0.39, 0.29) is 17.9 Å². The lowest BCUT2D eigenvalue weighted by Gasteiger charge is -2.08. The van der Waals surface area contributed by atoms with E-state index in [9.17, 15) is 14.4 Å². The summed E-state index contributed by atoms with van der Waals surface area (Å²) >= 11 is 0. The molecule has 7 nitrogen and oxygen atoms in total. The molecule has 0 radical (unpaired) electrons. The van der Waals surface area contributed by atoms with E-state index in [4.69, 9.17) is 14.4 Å². The van der Waals surface area contributed by atoms with Gasteiger partial charge in [-0.25, -0.2) is 0 Å². The summed E-state index contributed by atoms with van der Waals surface area (Å²) in [6.07, 6.45) is 1.38. The molecule has 0 aliphatic heterocycles. The molecule has 1 heterocycles. The first-order valence-corrected chi connectivity index (χ1v) is 7.12. The van der Waals surface area contributed by atoms with Crippen LogP contribution >= 0.6 is 0 Å². The molecule has 0 fully saturated rings. The molecule has 1 N–H and O–H groups in total. The lowest BCUT2D eigenvalue weighted by atomic mass is 9.99. The van der Waals surface area contributed by atoms with Gasteiger partial charge in [0.25, 0.3) is 5.91 Å². The number of hydrogen-bond acceptors (Lipinski definition) is 6. The molecule has 0 bridgehead atoms. The average Bonchev–Trinajstić information content (AvgIpc) is 3.11. The molecular formula is C17H14N2O5. The molecule has 0 spiro atoms. The number of nitrogens with zero attached hydrogens (tertiary/aromatic N) is 1. The predicted octanol–water partition coefficient (Wildman–Crippen LogP) is 2.42. The Bertz CT molecular complexity index is 772. The Kier molecular flexibility index (Phi) is 5.47. The van der Waals surface area contributed by atoms with Crippen molar-refractivity contribution < 1.29 is 23.5 Å². The summed E-state index contributed by atoms with van der Waals surface area (Å²) in [6.45, 7) is 1.68. The van der Waals surface area contributed by atoms with E-state index in [1.807, 2.05) is 0 Å². The Labute approximate surface area is 137 Å². The molecule has 1 aromatic heterocycles. The van der Waals surface area contributed by atoms with E-state index in [1.54, 1.807) is 19.1 Å². The molecule has 1 aromatic carbocycles. The van der Waals surface area contributed by atoms with Crippen LogP contribution in [-0.4, -0.2) is 24.3 Å². The van der Waals surface area contributed by atoms with Crippen LogP contribution < -0.4 is 5.32 Å². The van der Waals surface area contributed by atoms with Crippen molar-refractivity contribution in [3.05, 3.63) is 54.0 Å². The molecule has 1 unspecified atom stereocenters. The number of hydrogen-bond donors (Lipinski definition) is 1. The van der Waals surface area contributed by atoms with Crippen molar-refractivity contribution in [2.75, 3.05) is 11.9 Å². The Hall–Kier alpha value is -3.40. The van der Waals surface area contributed by atoms with Crippen molar-refractivity contribution in [3.63, 3.8) is 0 Å². The molecule has 122 valence electrons. The maximum Gasteiger partial charge on any atom is 0.331 e. The smallest absolute Gasteiger partial charge is 0.331 e. The molecule has 0 aliphatic carbocycles. The largest absolute Gasteiger partial charge is 0.465 e. The van der Waals surface area contributed by atoms with Gasteiger partial charge in [0.15, 0.2) is 11.5 Å². The van der Waals surface area contributed by atoms with Gasteiger partial charge in [-0.1, -0.05) is 0 Å². The van der Waals surface area contributed by atoms with E-state index in [1.165, 1.54) is 36.6 Å². The van der Waals surface area contributed by atoms with Gasteiger partial charge in [0.1, 0.15) is 0 Å². The number of Topliss-reactive ketones (excluding diaryl/α,β-unsaturated/α-hetero) is 1. The zero-order valence-electron chi connectivity index (χ0n) is 12.8. The molecule has 0 saturated carbocycles. The molecule has 24 heavy (non-hydrogen) atoms. The van der Waals surface area contributed by atoms with Gasteiger partial charge < -0.3 is 14.5 Å². The summed E-state index contributed by atoms with van der Waals surface area (Å²) in [5.74, 6) is -3.31. The van der Waals surface area contributed by atoms with E-state index in [2.05, 4.69) is 5.32 Å². The van der Waals surface area contributed by atoms with Gasteiger partial charge in [0.2, 0.25) is 5.92 Å². The number of esters is 1. The fraction of sp³-hybridized carbons (Fsp3) is 0.176. The minimum atomic E-state index is -1.51. The first-order chi connectivity index (χ1) is 11.6. The van der Waals surface area contributed by atoms with Crippen molar-refractivity contribution in [1.29, 1.82) is 5.26 Å². The van der Waals surface area contributed by atoms with Gasteiger partial charge in [-0.15, -0.1) is 0 Å². The van der Waals surface area contributed by atoms with Crippen LogP contribution in [0.1, 0.15) is 27.8 Å². The highest BCUT2D eigenvalue weighted by Crippen LogP contribution is 2.15. The number of furan rings is 1. The number of benzene rings is 1. The zero-order chi connectivity index (χ0) is 17.5. The van der Waals surface area contributed by atoms with Crippen LogP contribution in [0.15, 0.2) is 47.1 Å². The zero-order valence-corrected chi connectivity index (χ0v) is 12.8. The van der Waals surface area contributed by atoms with Gasteiger partial charge in [-0.05, 0) is 43.3 Å². The van der Waals surface area contributed by atoms with Gasteiger partial charge in [0, 0.05) is 11.3 Å². The highest BCUT2D eigenvalue weighted by Gasteiger charge is 2.28. The minimum absolute atomic E-state index is 0.0854. The number of anilines is 1. The average molecular weight is 326 g/mol. The van der Waals surface area contributed by atoms with Crippen LogP contribution in [0.2, 0.25) is 0 Å². The molecule has 0 aliphatic rings. The SMILES string of the molecule is CCOC(=O)C(C#N)C(=O)c1ccc(NC(=O)c2ccco2)cc1. The third-order valence-corrected chi connectivity index (χ3v) is 3.09. The molecule has 1 atom stereocenters. The molecule has 2 rings (SSSR count). The van der Waals surface area contributed by atoms with E-state index in [0.717, 1.165) is 0 Å². The van der Waals surface area contributed by atoms with E-state index in [0.29, 0.717) is 5.69 Å². The number of rotatable bonds is 6. The second kappa shape index (κ2) is 7.74. The number of nitrogens with one attached hydrogen (secondary N) is 1. The first-order valence-electron chi connectivity index (χ1n) is 7.12. The second-order valence-electron chi connectivity index (χ2n) is 4.69. The van der Waals surface area contributed by atoms with E-state index < -0.39 is 23.6 Å². The lowest BCUT2D eigenvalue weighted by molar-refractivity contribution is -0.144. The summed E-state index contributed by atoms with van der Waals surface area (Å²) in [4.78, 5) is 35.6. The second-order valence-corrected chi connectivity index (χ2v) is 4.69. The molecular weight excluding hydrogens is 312 g/mol. The van der Waals surface area contributed by atoms with E-state index >= 15 is 0 Å². The topological polar surface area (TPSA) is 109 Å². The summed E-state index contributed by atoms with van der Waals surface area (Å²) in [6, 6.07) is 10.6. The van der Waals surface area contributed by atoms with Crippen LogP contribution in [0.4, 0.5) is 5.69 Å². The maximum atomic E-state index is 12.2. The van der Waals surface area contributed by atoms with Crippen molar-refractivity contribution >= 4 is 23.3 Å². The third kappa shape index (κ3) is 3.87. The van der Waals surface area contributed by atoms with Crippen LogP contribution in [0, 0.1) is 17.2 Å². The first kappa shape index (κ1) is 17.0. The Morgan fingerprint density at radius 1 is 1.25 bits per heavy atom. The standard InChI is InChI=1S/C17H14N2O5/c1-2-23-17(22)13(10-18)15(20)11-5-7-12(8-6-11)19-16(21)14-4-3-9-24-14/h3-9,13H,2H2,1H3,(H,19,21). The van der Waals surface area contributed by atoms with Crippen molar-refractivity contribution in [1.82, 2.24) is 0 Å². The maximum absolute atomic E-state index is 12.2. The van der Waals surface area contributed by atoms with Crippen LogP contribution in [0.3, 0.4) is 0 Å². The summed E-state index contributed by atoms with van der Waals surface area (Å²) in [5, 5.41) is 11.6. The monoisotopic (exact) mass is 326 g/mol. The highest BCUT2D eigenvalue weighted by molar-refractivity contribution is 6.11. The van der Waals surface area contributed by atoms with Gasteiger partial charge in [-0.3, -0.25) is 14.4 Å². The molecule has 7 heteroatoms. The highest BCUT2D eigenvalue weighted by atomic mass is 16.5. The number of ketones is 1. The van der Waals surface area contributed by atoms with Gasteiger partial charge in [-0.2, -0.15) is 5.26 Å². The Balaban J connectivity index is 2.08. The summed E-state index contributed by atoms with van der Waals surface area (Å²) in [7, 11) is 0. The van der Waals surface area contributed by atoms with Crippen molar-refractivity contribution in [3.8, 4) is 6.07 Å². The van der Waals surface area contributed by atoms with Crippen LogP contribution in [-0.2, 0) is 9.53 Å². The number of carbonyl (C=O) groups excluding carboxylic acids is 3. The Morgan fingerprint density at radius 2 is 1.96 bits per heavy atom. The fourth-order valence-corrected chi connectivity index (χ4v) is 1.93. The lowest BCUT2D eigenvalue weighted by Crippen LogP contribution is -2.25. The number of amides is 1. The minimum Gasteiger partial charge on any atom is -0.465 e. The summed E-state index contributed by atoms with van der Waals surface area (Å²) < 4.78 is 9.68. The van der Waals surface area contributed by atoms with Gasteiger partial charge >= 0.3 is 5.97 Å². The Morgan fingerprint density at radius 3 is 2.50 bits per heavy atom. The fourth-order valence-electron chi connectivity index (χ4n) is 1.93. The molecule has 2 aromatic rings.